The van der Waals surface area contributed by atoms with E-state index in [-0.39, 0.29) is 29.3 Å². The monoisotopic (exact) mass is 543 g/mol. The third-order valence-corrected chi connectivity index (χ3v) is 8.33. The van der Waals surface area contributed by atoms with E-state index in [1.807, 2.05) is 4.57 Å². The lowest BCUT2D eigenvalue weighted by Crippen LogP contribution is -2.20. The highest BCUT2D eigenvalue weighted by atomic mass is 32.2. The molecule has 0 amide bonds. The second kappa shape index (κ2) is 10.4. The molecular formula is C29H26FN5O3S. The molecule has 5 rings (SSSR count). The third kappa shape index (κ3) is 5.16. The van der Waals surface area contributed by atoms with Crippen LogP contribution in [0.5, 0.6) is 11.6 Å². The van der Waals surface area contributed by atoms with Gasteiger partial charge in [-0.3, -0.25) is 4.72 Å². The van der Waals surface area contributed by atoms with Crippen LogP contribution in [0.4, 0.5) is 10.1 Å². The fourth-order valence-electron chi connectivity index (χ4n) is 4.84. The van der Waals surface area contributed by atoms with Crippen LogP contribution in [0.1, 0.15) is 50.3 Å². The van der Waals surface area contributed by atoms with E-state index in [1.54, 1.807) is 56.4 Å². The van der Waals surface area contributed by atoms with Gasteiger partial charge < -0.3 is 9.30 Å². The number of nitriles is 2. The summed E-state index contributed by atoms with van der Waals surface area (Å²) in [5, 5.41) is 20.2. The Hall–Kier alpha value is -4.41. The molecule has 4 aromatic rings. The standard InChI is InChI=1S/C29H26FN5O3S/c1-18(2)17-39(36,37)34-26-11-8-19(13-25(26)30)28-24(16-32)23-10-9-22(14-27(23)35(28)21-6-3-7-21)38-29-20(15-31)5-4-12-33-29/h4-5,8-14,18,21,34H,3,6-7,17H2,1-2H3. The summed E-state index contributed by atoms with van der Waals surface area (Å²) in [6.45, 7) is 3.55. The predicted octanol–water partition coefficient (Wildman–Crippen LogP) is 6.50. The molecule has 0 aliphatic heterocycles. The van der Waals surface area contributed by atoms with E-state index in [4.69, 9.17) is 4.74 Å². The molecule has 1 aliphatic carbocycles. The van der Waals surface area contributed by atoms with E-state index in [0.29, 0.717) is 33.5 Å². The molecule has 0 bridgehead atoms. The van der Waals surface area contributed by atoms with Crippen molar-refractivity contribution in [1.29, 1.82) is 10.5 Å². The Morgan fingerprint density at radius 3 is 2.59 bits per heavy atom. The molecule has 1 N–H and O–H groups in total. The quantitative estimate of drug-likeness (QED) is 0.271. The number of nitrogens with zero attached hydrogens (tertiary/aromatic N) is 4. The van der Waals surface area contributed by atoms with Crippen molar-refractivity contribution in [2.24, 2.45) is 5.92 Å². The number of pyridine rings is 1. The van der Waals surface area contributed by atoms with Gasteiger partial charge in [0.2, 0.25) is 15.9 Å². The highest BCUT2D eigenvalue weighted by Crippen LogP contribution is 2.44. The Bertz CT molecular complexity index is 1760. The van der Waals surface area contributed by atoms with Crippen molar-refractivity contribution in [1.82, 2.24) is 9.55 Å². The summed E-state index contributed by atoms with van der Waals surface area (Å²) in [6, 6.07) is 17.3. The second-order valence-electron chi connectivity index (χ2n) is 10.0. The summed E-state index contributed by atoms with van der Waals surface area (Å²) in [7, 11) is -3.71. The number of hydrogen-bond acceptors (Lipinski definition) is 6. The number of aromatic nitrogens is 2. The minimum atomic E-state index is -3.71. The lowest BCUT2D eigenvalue weighted by Gasteiger charge is -2.30. The Morgan fingerprint density at radius 1 is 1.15 bits per heavy atom. The molecule has 1 saturated carbocycles. The summed E-state index contributed by atoms with van der Waals surface area (Å²) in [6.07, 6.45) is 4.38. The number of rotatable bonds is 8. The van der Waals surface area contributed by atoms with Crippen molar-refractivity contribution in [3.8, 4) is 35.0 Å². The molecule has 0 radical (unpaired) electrons. The smallest absolute Gasteiger partial charge is 0.237 e. The molecule has 39 heavy (non-hydrogen) atoms. The van der Waals surface area contributed by atoms with Crippen molar-refractivity contribution in [2.75, 3.05) is 10.5 Å². The average Bonchev–Trinajstić information content (AvgIpc) is 3.17. The van der Waals surface area contributed by atoms with Crippen LogP contribution in [0, 0.1) is 34.4 Å². The number of halogens is 1. The number of nitrogens with one attached hydrogen (secondary N) is 1. The van der Waals surface area contributed by atoms with Gasteiger partial charge in [-0.2, -0.15) is 10.5 Å². The van der Waals surface area contributed by atoms with Gasteiger partial charge in [0, 0.05) is 29.3 Å². The van der Waals surface area contributed by atoms with Crippen LogP contribution in [0.25, 0.3) is 22.2 Å². The number of ether oxygens (including phenoxy) is 1. The first kappa shape index (κ1) is 26.2. The van der Waals surface area contributed by atoms with Gasteiger partial charge in [-0.05, 0) is 61.6 Å². The summed E-state index contributed by atoms with van der Waals surface area (Å²) in [5.41, 5.74) is 2.35. The lowest BCUT2D eigenvalue weighted by atomic mass is 9.92. The fourth-order valence-corrected chi connectivity index (χ4v) is 6.30. The van der Waals surface area contributed by atoms with Gasteiger partial charge in [-0.15, -0.1) is 0 Å². The first-order valence-electron chi connectivity index (χ1n) is 12.6. The Balaban J connectivity index is 1.61. The van der Waals surface area contributed by atoms with E-state index >= 15 is 4.39 Å². The summed E-state index contributed by atoms with van der Waals surface area (Å²) in [5.74, 6) is -0.328. The van der Waals surface area contributed by atoms with Gasteiger partial charge in [0.05, 0.1) is 28.2 Å². The molecule has 1 fully saturated rings. The minimum Gasteiger partial charge on any atom is -0.438 e. The van der Waals surface area contributed by atoms with Gasteiger partial charge in [-0.25, -0.2) is 17.8 Å². The molecule has 1 aliphatic rings. The molecule has 10 heteroatoms. The lowest BCUT2D eigenvalue weighted by molar-refractivity contribution is 0.324. The van der Waals surface area contributed by atoms with E-state index in [1.165, 1.54) is 12.1 Å². The number of fused-ring (bicyclic) bond motifs is 1. The molecular weight excluding hydrogens is 517 g/mol. The van der Waals surface area contributed by atoms with Crippen LogP contribution >= 0.6 is 0 Å². The second-order valence-corrected chi connectivity index (χ2v) is 11.8. The van der Waals surface area contributed by atoms with Gasteiger partial charge in [0.15, 0.2) is 0 Å². The zero-order valence-corrected chi connectivity index (χ0v) is 22.3. The molecule has 0 atom stereocenters. The van der Waals surface area contributed by atoms with Gasteiger partial charge in [0.25, 0.3) is 0 Å². The number of anilines is 1. The maximum absolute atomic E-state index is 15.2. The van der Waals surface area contributed by atoms with Gasteiger partial charge in [0.1, 0.15) is 29.3 Å². The normalized spacial score (nSPS) is 13.6. The van der Waals surface area contributed by atoms with Crippen LogP contribution in [-0.2, 0) is 10.0 Å². The summed E-state index contributed by atoms with van der Waals surface area (Å²) < 4.78 is 50.3. The van der Waals surface area contributed by atoms with Crippen molar-refractivity contribution in [3.63, 3.8) is 0 Å². The highest BCUT2D eigenvalue weighted by Gasteiger charge is 2.29. The van der Waals surface area contributed by atoms with Crippen molar-refractivity contribution in [3.05, 3.63) is 71.7 Å². The molecule has 0 saturated heterocycles. The molecule has 8 nitrogen and oxygen atoms in total. The molecule has 2 aromatic carbocycles. The van der Waals surface area contributed by atoms with Crippen molar-refractivity contribution >= 4 is 26.6 Å². The molecule has 2 aromatic heterocycles. The van der Waals surface area contributed by atoms with Gasteiger partial charge in [-0.1, -0.05) is 19.9 Å². The van der Waals surface area contributed by atoms with E-state index in [0.717, 1.165) is 24.8 Å². The van der Waals surface area contributed by atoms with Gasteiger partial charge >= 0.3 is 0 Å². The van der Waals surface area contributed by atoms with Crippen molar-refractivity contribution in [2.45, 2.75) is 39.2 Å². The average molecular weight is 544 g/mol. The Morgan fingerprint density at radius 2 is 1.95 bits per heavy atom. The molecule has 2 heterocycles. The highest BCUT2D eigenvalue weighted by molar-refractivity contribution is 7.92. The first-order valence-corrected chi connectivity index (χ1v) is 14.3. The number of sulfonamides is 1. The molecule has 0 unspecified atom stereocenters. The topological polar surface area (TPSA) is 121 Å². The molecule has 198 valence electrons. The zero-order chi connectivity index (χ0) is 27.7. The molecule has 0 spiro atoms. The number of benzene rings is 2. The Kier molecular flexibility index (Phi) is 6.98. The van der Waals surface area contributed by atoms with E-state index < -0.39 is 15.8 Å². The van der Waals surface area contributed by atoms with Crippen molar-refractivity contribution < 1.29 is 17.5 Å². The fraction of sp³-hybridized carbons (Fsp3) is 0.276. The number of hydrogen-bond donors (Lipinski definition) is 1. The Labute approximate surface area is 226 Å². The van der Waals surface area contributed by atoms with E-state index in [2.05, 4.69) is 21.8 Å². The largest absolute Gasteiger partial charge is 0.438 e. The van der Waals surface area contributed by atoms with Crippen LogP contribution in [0.15, 0.2) is 54.7 Å². The first-order chi connectivity index (χ1) is 18.7. The van der Waals surface area contributed by atoms with E-state index in [9.17, 15) is 18.9 Å². The van der Waals surface area contributed by atoms with Crippen LogP contribution in [-0.4, -0.2) is 23.7 Å². The third-order valence-electron chi connectivity index (χ3n) is 6.69. The predicted molar refractivity (Wildman–Crippen MR) is 146 cm³/mol. The summed E-state index contributed by atoms with van der Waals surface area (Å²) in [4.78, 5) is 4.16. The minimum absolute atomic E-state index is 0.108. The maximum Gasteiger partial charge on any atom is 0.237 e. The SMILES string of the molecule is CC(C)CS(=O)(=O)Nc1ccc(-c2c(C#N)c3ccc(Oc4ncccc4C#N)cc3n2C2CCC2)cc1F. The maximum atomic E-state index is 15.2. The summed E-state index contributed by atoms with van der Waals surface area (Å²) >= 11 is 0. The van der Waals surface area contributed by atoms with Crippen LogP contribution in [0.3, 0.4) is 0 Å². The van der Waals surface area contributed by atoms with Crippen LogP contribution in [0.2, 0.25) is 0 Å². The zero-order valence-electron chi connectivity index (χ0n) is 21.5. The van der Waals surface area contributed by atoms with Crippen LogP contribution < -0.4 is 9.46 Å².